The van der Waals surface area contributed by atoms with E-state index in [0.717, 1.165) is 24.0 Å². The van der Waals surface area contributed by atoms with Crippen LogP contribution in [-0.2, 0) is 31.7 Å². The SMILES string of the molecule is CC(C)SNC1Cc2ccc(Cn3nc(C(F)(F)F)cc3C(F)(F)F)cc2C1. The summed E-state index contributed by atoms with van der Waals surface area (Å²) in [6, 6.07) is 5.51. The Hall–Kier alpha value is -1.68. The lowest BCUT2D eigenvalue weighted by atomic mass is 10.1. The van der Waals surface area contributed by atoms with Gasteiger partial charge in [-0.3, -0.25) is 9.40 Å². The second-order valence-corrected chi connectivity index (χ2v) is 8.47. The fourth-order valence-corrected chi connectivity index (χ4v) is 3.79. The molecule has 3 nitrogen and oxygen atoms in total. The summed E-state index contributed by atoms with van der Waals surface area (Å²) < 4.78 is 81.6. The van der Waals surface area contributed by atoms with Crippen molar-refractivity contribution in [1.29, 1.82) is 0 Å². The first kappa shape index (κ1) is 21.0. The number of nitrogens with zero attached hydrogens (tertiary/aromatic N) is 2. The molecule has 1 heterocycles. The topological polar surface area (TPSA) is 29.9 Å². The summed E-state index contributed by atoms with van der Waals surface area (Å²) in [6.45, 7) is 3.75. The molecule has 0 amide bonds. The van der Waals surface area contributed by atoms with Crippen LogP contribution in [0.2, 0.25) is 0 Å². The van der Waals surface area contributed by atoms with Gasteiger partial charge in [0.2, 0.25) is 0 Å². The summed E-state index contributed by atoms with van der Waals surface area (Å²) in [7, 11) is 0. The number of fused-ring (bicyclic) bond motifs is 1. The maximum absolute atomic E-state index is 13.1. The van der Waals surface area contributed by atoms with E-state index in [2.05, 4.69) is 23.7 Å². The summed E-state index contributed by atoms with van der Waals surface area (Å²) >= 11 is 1.62. The van der Waals surface area contributed by atoms with E-state index in [1.54, 1.807) is 24.1 Å². The van der Waals surface area contributed by atoms with Crippen LogP contribution in [0, 0.1) is 0 Å². The Balaban J connectivity index is 1.81. The summed E-state index contributed by atoms with van der Waals surface area (Å²) in [6.07, 6.45) is -8.32. The molecule has 0 saturated heterocycles. The first-order valence-corrected chi connectivity index (χ1v) is 9.55. The van der Waals surface area contributed by atoms with Crippen molar-refractivity contribution in [3.05, 3.63) is 52.3 Å². The molecule has 1 aliphatic carbocycles. The van der Waals surface area contributed by atoms with Crippen LogP contribution in [0.3, 0.4) is 0 Å². The summed E-state index contributed by atoms with van der Waals surface area (Å²) in [4.78, 5) is 0. The number of rotatable bonds is 5. The molecule has 2 aromatic rings. The Morgan fingerprint density at radius 2 is 1.75 bits per heavy atom. The lowest BCUT2D eigenvalue weighted by Crippen LogP contribution is -2.24. The predicted molar refractivity (Wildman–Crippen MR) is 94.8 cm³/mol. The molecule has 154 valence electrons. The number of hydrogen-bond donors (Lipinski definition) is 1. The van der Waals surface area contributed by atoms with Crippen molar-refractivity contribution in [3.8, 4) is 0 Å². The second kappa shape index (κ2) is 7.62. The molecule has 1 aromatic heterocycles. The van der Waals surface area contributed by atoms with Gasteiger partial charge in [0.05, 0.1) is 6.54 Å². The van der Waals surface area contributed by atoms with Gasteiger partial charge in [0.1, 0.15) is 5.69 Å². The van der Waals surface area contributed by atoms with Gasteiger partial charge in [-0.1, -0.05) is 44.0 Å². The van der Waals surface area contributed by atoms with Gasteiger partial charge in [-0.2, -0.15) is 31.4 Å². The third kappa shape index (κ3) is 4.83. The Labute approximate surface area is 162 Å². The van der Waals surface area contributed by atoms with E-state index in [9.17, 15) is 26.3 Å². The highest BCUT2D eigenvalue weighted by Gasteiger charge is 2.41. The first-order chi connectivity index (χ1) is 12.9. The molecule has 0 aliphatic heterocycles. The number of hydrogen-bond acceptors (Lipinski definition) is 3. The molecular formula is C18H19F6N3S. The number of benzene rings is 1. The zero-order valence-corrected chi connectivity index (χ0v) is 16.0. The number of alkyl halides is 6. The normalized spacial score (nSPS) is 17.4. The minimum Gasteiger partial charge on any atom is -0.260 e. The van der Waals surface area contributed by atoms with E-state index in [-0.39, 0.29) is 18.7 Å². The average Bonchev–Trinajstić information content (AvgIpc) is 3.15. The third-order valence-electron chi connectivity index (χ3n) is 4.37. The van der Waals surface area contributed by atoms with Gasteiger partial charge in [0.25, 0.3) is 0 Å². The van der Waals surface area contributed by atoms with Crippen molar-refractivity contribution >= 4 is 11.9 Å². The van der Waals surface area contributed by atoms with E-state index in [4.69, 9.17) is 0 Å². The molecule has 1 N–H and O–H groups in total. The van der Waals surface area contributed by atoms with Crippen LogP contribution in [0.5, 0.6) is 0 Å². The molecule has 28 heavy (non-hydrogen) atoms. The summed E-state index contributed by atoms with van der Waals surface area (Å²) in [5.74, 6) is 0. The highest BCUT2D eigenvalue weighted by molar-refractivity contribution is 7.98. The Morgan fingerprint density at radius 1 is 1.07 bits per heavy atom. The lowest BCUT2D eigenvalue weighted by molar-refractivity contribution is -0.144. The van der Waals surface area contributed by atoms with Crippen LogP contribution in [0.4, 0.5) is 26.3 Å². The van der Waals surface area contributed by atoms with Crippen molar-refractivity contribution in [3.63, 3.8) is 0 Å². The minimum absolute atomic E-state index is 0.0520. The van der Waals surface area contributed by atoms with Gasteiger partial charge < -0.3 is 0 Å². The van der Waals surface area contributed by atoms with Crippen molar-refractivity contribution in [2.45, 2.75) is 56.9 Å². The molecule has 1 aliphatic rings. The van der Waals surface area contributed by atoms with E-state index in [1.807, 2.05) is 6.07 Å². The molecule has 0 radical (unpaired) electrons. The van der Waals surface area contributed by atoms with Crippen LogP contribution in [0.25, 0.3) is 0 Å². The third-order valence-corrected chi connectivity index (χ3v) is 5.31. The molecule has 0 fully saturated rings. The smallest absolute Gasteiger partial charge is 0.260 e. The van der Waals surface area contributed by atoms with Crippen LogP contribution in [0.15, 0.2) is 24.3 Å². The maximum Gasteiger partial charge on any atom is 0.435 e. The van der Waals surface area contributed by atoms with Crippen molar-refractivity contribution < 1.29 is 26.3 Å². The molecular weight excluding hydrogens is 404 g/mol. The van der Waals surface area contributed by atoms with Crippen molar-refractivity contribution in [2.24, 2.45) is 0 Å². The van der Waals surface area contributed by atoms with Gasteiger partial charge in [-0.15, -0.1) is 0 Å². The molecule has 1 atom stereocenters. The van der Waals surface area contributed by atoms with Crippen LogP contribution in [0.1, 0.15) is 41.9 Å². The van der Waals surface area contributed by atoms with E-state index in [1.165, 1.54) is 0 Å². The average molecular weight is 423 g/mol. The zero-order valence-electron chi connectivity index (χ0n) is 15.2. The molecule has 3 rings (SSSR count). The fourth-order valence-electron chi connectivity index (χ4n) is 3.16. The maximum atomic E-state index is 13.1. The summed E-state index contributed by atoms with van der Waals surface area (Å²) in [5, 5.41) is 3.58. The lowest BCUT2D eigenvalue weighted by Gasteiger charge is -2.12. The van der Waals surface area contributed by atoms with Gasteiger partial charge >= 0.3 is 12.4 Å². The van der Waals surface area contributed by atoms with Crippen molar-refractivity contribution in [2.75, 3.05) is 0 Å². The van der Waals surface area contributed by atoms with E-state index in [0.29, 0.717) is 15.5 Å². The molecule has 0 bridgehead atoms. The quantitative estimate of drug-likeness (QED) is 0.537. The van der Waals surface area contributed by atoms with E-state index >= 15 is 0 Å². The second-order valence-electron chi connectivity index (χ2n) is 7.06. The molecule has 10 heteroatoms. The molecule has 0 spiro atoms. The predicted octanol–water partition coefficient (Wildman–Crippen LogP) is 5.08. The van der Waals surface area contributed by atoms with Gasteiger partial charge in [0, 0.05) is 17.4 Å². The Bertz CT molecular complexity index is 841. The van der Waals surface area contributed by atoms with Gasteiger partial charge in [-0.25, -0.2) is 0 Å². The zero-order chi connectivity index (χ0) is 20.7. The van der Waals surface area contributed by atoms with Crippen LogP contribution >= 0.6 is 11.9 Å². The number of nitrogens with one attached hydrogen (secondary N) is 1. The number of aromatic nitrogens is 2. The highest BCUT2D eigenvalue weighted by Crippen LogP contribution is 2.35. The largest absolute Gasteiger partial charge is 0.435 e. The molecule has 1 unspecified atom stereocenters. The Kier molecular flexibility index (Phi) is 5.73. The standard InChI is InChI=1S/C18H19F6N3S/c1-10(2)28-26-14-6-12-4-3-11(5-13(12)7-14)9-27-16(18(22,23)24)8-15(25-27)17(19,20)21/h3-5,8,10,14,26H,6-7,9H2,1-2H3. The van der Waals surface area contributed by atoms with Crippen LogP contribution < -0.4 is 4.72 Å². The first-order valence-electron chi connectivity index (χ1n) is 8.67. The minimum atomic E-state index is -4.93. The van der Waals surface area contributed by atoms with Gasteiger partial charge in [0.15, 0.2) is 5.69 Å². The van der Waals surface area contributed by atoms with Crippen molar-refractivity contribution in [1.82, 2.24) is 14.5 Å². The number of halogens is 6. The van der Waals surface area contributed by atoms with Gasteiger partial charge in [-0.05, 0) is 29.5 Å². The van der Waals surface area contributed by atoms with Crippen LogP contribution in [-0.4, -0.2) is 21.1 Å². The fraction of sp³-hybridized carbons (Fsp3) is 0.500. The summed E-state index contributed by atoms with van der Waals surface area (Å²) in [5.41, 5.74) is -0.378. The Morgan fingerprint density at radius 3 is 2.36 bits per heavy atom. The van der Waals surface area contributed by atoms with E-state index < -0.39 is 23.7 Å². The molecule has 0 saturated carbocycles. The highest BCUT2D eigenvalue weighted by atomic mass is 32.2. The molecule has 1 aromatic carbocycles. The monoisotopic (exact) mass is 423 g/mol.